The van der Waals surface area contributed by atoms with Gasteiger partial charge >= 0.3 is 33.6 Å². The van der Waals surface area contributed by atoms with Crippen LogP contribution in [0.1, 0.15) is 290 Å². The molecule has 18 heteroatoms. The summed E-state index contributed by atoms with van der Waals surface area (Å²) in [5, 5.41) is 20.6. The normalized spacial score (nSPS) is 14.9. The molecule has 0 aliphatic carbocycles. The Balaban J connectivity index is 4.64. The Morgan fingerprint density at radius 1 is 0.282 bits per heavy atom. The molecule has 0 fully saturated rings. The fourth-order valence-corrected chi connectivity index (χ4v) is 11.5. The number of carbonyl (C=O) groups excluding carboxylic acids is 3. The second kappa shape index (κ2) is 76.6. The molecule has 0 amide bonds. The highest BCUT2D eigenvalue weighted by molar-refractivity contribution is 7.47. The van der Waals surface area contributed by atoms with E-state index in [9.17, 15) is 43.5 Å². The molecule has 0 rings (SSSR count). The molecule has 0 spiro atoms. The van der Waals surface area contributed by atoms with E-state index in [-0.39, 0.29) is 19.3 Å². The molecule has 0 radical (unpaired) electrons. The lowest BCUT2D eigenvalue weighted by Gasteiger charge is -2.21. The number of aliphatic hydroxyl groups excluding tert-OH is 2. The van der Waals surface area contributed by atoms with Gasteiger partial charge in [0.1, 0.15) is 25.4 Å². The van der Waals surface area contributed by atoms with E-state index < -0.39 is 91.5 Å². The Morgan fingerprint density at radius 2 is 0.515 bits per heavy atom. The second-order valence-electron chi connectivity index (χ2n) is 25.7. The maximum absolute atomic E-state index is 13.0. The highest BCUT2D eigenvalue weighted by atomic mass is 31.2. The molecule has 0 aromatic heterocycles. The van der Waals surface area contributed by atoms with Gasteiger partial charge in [-0.05, 0) is 154 Å². The van der Waals surface area contributed by atoms with Crippen molar-refractivity contribution in [2.75, 3.05) is 39.6 Å². The number of unbranched alkanes of at least 4 members (excludes halogenated alkanes) is 22. The third kappa shape index (κ3) is 77.8. The fourth-order valence-electron chi connectivity index (χ4n) is 9.96. The first kappa shape index (κ1) is 97.9. The van der Waals surface area contributed by atoms with Crippen LogP contribution in [-0.2, 0) is 55.8 Å². The third-order valence-corrected chi connectivity index (χ3v) is 17.8. The van der Waals surface area contributed by atoms with Gasteiger partial charge in [0.2, 0.25) is 0 Å². The number of hydrogen-bond donors (Lipinski definition) is 4. The van der Waals surface area contributed by atoms with Crippen molar-refractivity contribution in [1.29, 1.82) is 0 Å². The van der Waals surface area contributed by atoms with Crippen LogP contribution in [0, 0.1) is 0 Å². The summed E-state index contributed by atoms with van der Waals surface area (Å²) >= 11 is 0. The number of phosphoric acid groups is 2. The van der Waals surface area contributed by atoms with Crippen LogP contribution in [0.2, 0.25) is 0 Å². The molecule has 16 nitrogen and oxygen atoms in total. The van der Waals surface area contributed by atoms with E-state index in [0.717, 1.165) is 180 Å². The van der Waals surface area contributed by atoms with Crippen molar-refractivity contribution in [2.24, 2.45) is 0 Å². The van der Waals surface area contributed by atoms with Gasteiger partial charge in [-0.25, -0.2) is 9.13 Å². The molecule has 103 heavy (non-hydrogen) atoms. The van der Waals surface area contributed by atoms with E-state index in [1.54, 1.807) is 0 Å². The van der Waals surface area contributed by atoms with Crippen LogP contribution >= 0.6 is 15.6 Å². The minimum Gasteiger partial charge on any atom is -0.463 e. The maximum Gasteiger partial charge on any atom is 0.472 e. The average Bonchev–Trinajstić information content (AvgIpc) is 0.918. The SMILES string of the molecule is CC/C=C\C/C=C\C/C=C\C/C=C\C/C=C\C/C=C\CCCCCCCCCCCCC(=O)OCC(O)COP(=O)(O)OCC(O)COP(=O)(O)OCC(COC(=O)CCCCC/C=C\C/C=C\C/C=C\C/C=C\C/C=C\CC)OC(=O)CCCCCCCC/C=C\C/C=C\C/C=C\CCCCC. The summed E-state index contributed by atoms with van der Waals surface area (Å²) in [5.41, 5.74) is 0. The summed E-state index contributed by atoms with van der Waals surface area (Å²) < 4.78 is 61.1. The number of rotatable bonds is 73. The summed E-state index contributed by atoms with van der Waals surface area (Å²) in [5.74, 6) is -1.64. The molecular formula is C85H140O16P2. The van der Waals surface area contributed by atoms with Gasteiger partial charge in [0, 0.05) is 19.3 Å². The molecule has 0 aromatic carbocycles. The number of esters is 3. The quantitative estimate of drug-likeness (QED) is 0.0146. The summed E-state index contributed by atoms with van der Waals surface area (Å²) in [4.78, 5) is 58.7. The highest BCUT2D eigenvalue weighted by Crippen LogP contribution is 2.45. The van der Waals surface area contributed by atoms with Crippen LogP contribution < -0.4 is 0 Å². The van der Waals surface area contributed by atoms with Gasteiger partial charge in [0.25, 0.3) is 0 Å². The minimum atomic E-state index is -4.95. The van der Waals surface area contributed by atoms with Crippen molar-refractivity contribution in [3.63, 3.8) is 0 Å². The van der Waals surface area contributed by atoms with Crippen molar-refractivity contribution in [3.8, 4) is 0 Å². The standard InChI is InChI=1S/C85H140O16P2/c1-4-7-10-13-16-19-22-25-28-31-34-35-36-37-38-39-40-41-42-43-46-48-50-53-56-59-62-65-68-71-83(88)95-74-80(86)75-97-102(91,92)98-76-81(87)77-99-103(93,94)100-79-82(101-85(90)73-70-67-64-61-58-55-52-49-45-33-30-27-24-21-18-15-12-9-6-3)78-96-84(89)72-69-66-63-60-57-54-51-47-44-32-29-26-23-20-17-14-11-8-5-2/h7-8,10-11,16-21,25-30,34-35,37-38,40-41,44-45,47,49,54,57,80-82,86-87H,4-6,9,12-15,22-24,31-33,36,39,42-43,46,48,50-53,55-56,58-79H2,1-3H3,(H,91,92)(H,93,94)/b10-7-,11-8-,19-16-,20-17-,21-18-,28-25-,29-26-,30-27-,35-34-,38-37-,41-40-,47-44-,49-45-,57-54-. The van der Waals surface area contributed by atoms with Gasteiger partial charge in [0.05, 0.1) is 26.4 Å². The summed E-state index contributed by atoms with van der Waals surface area (Å²) in [7, 11) is -9.82. The Morgan fingerprint density at radius 3 is 0.825 bits per heavy atom. The number of carbonyl (C=O) groups is 3. The number of aliphatic hydroxyl groups is 2. The predicted molar refractivity (Wildman–Crippen MR) is 426 cm³/mol. The van der Waals surface area contributed by atoms with E-state index in [2.05, 4.69) is 191 Å². The van der Waals surface area contributed by atoms with E-state index in [0.29, 0.717) is 19.3 Å². The molecule has 5 unspecified atom stereocenters. The van der Waals surface area contributed by atoms with E-state index in [1.807, 2.05) is 0 Å². The molecule has 4 N–H and O–H groups in total. The zero-order valence-corrected chi connectivity index (χ0v) is 65.7. The van der Waals surface area contributed by atoms with Gasteiger partial charge in [-0.15, -0.1) is 0 Å². The fraction of sp³-hybridized carbons (Fsp3) is 0.635. The summed E-state index contributed by atoms with van der Waals surface area (Å²) in [6, 6.07) is 0. The van der Waals surface area contributed by atoms with E-state index >= 15 is 0 Å². The first-order valence-electron chi connectivity index (χ1n) is 39.4. The molecule has 0 saturated heterocycles. The second-order valence-corrected chi connectivity index (χ2v) is 28.7. The van der Waals surface area contributed by atoms with Gasteiger partial charge < -0.3 is 34.2 Å². The maximum atomic E-state index is 13.0. The third-order valence-electron chi connectivity index (χ3n) is 15.9. The van der Waals surface area contributed by atoms with Crippen molar-refractivity contribution in [3.05, 3.63) is 170 Å². The van der Waals surface area contributed by atoms with Gasteiger partial charge in [0.15, 0.2) is 6.10 Å². The number of allylic oxidation sites excluding steroid dienone is 28. The minimum absolute atomic E-state index is 0.0768. The van der Waals surface area contributed by atoms with Gasteiger partial charge in [-0.2, -0.15) is 0 Å². The molecule has 0 aliphatic heterocycles. The molecular weight excluding hydrogens is 1340 g/mol. The monoisotopic (exact) mass is 1480 g/mol. The van der Waals surface area contributed by atoms with Crippen LogP contribution in [0.15, 0.2) is 170 Å². The zero-order chi connectivity index (χ0) is 75.2. The average molecular weight is 1480 g/mol. The van der Waals surface area contributed by atoms with Crippen LogP contribution in [0.5, 0.6) is 0 Å². The van der Waals surface area contributed by atoms with Crippen LogP contribution in [0.3, 0.4) is 0 Å². The molecule has 0 aliphatic rings. The van der Waals surface area contributed by atoms with Crippen molar-refractivity contribution in [1.82, 2.24) is 0 Å². The first-order chi connectivity index (χ1) is 50.2. The van der Waals surface area contributed by atoms with E-state index in [4.69, 9.17) is 32.3 Å². The highest BCUT2D eigenvalue weighted by Gasteiger charge is 2.29. The number of hydrogen-bond acceptors (Lipinski definition) is 14. The molecule has 0 heterocycles. The van der Waals surface area contributed by atoms with Crippen LogP contribution in [-0.4, -0.2) is 95.9 Å². The Bertz CT molecular complexity index is 2550. The number of phosphoric ester groups is 2. The molecule has 5 atom stereocenters. The topological polar surface area (TPSA) is 231 Å². The van der Waals surface area contributed by atoms with Crippen LogP contribution in [0.25, 0.3) is 0 Å². The van der Waals surface area contributed by atoms with Gasteiger partial charge in [-0.3, -0.25) is 32.5 Å². The Hall–Kier alpha value is -5.09. The predicted octanol–water partition coefficient (Wildman–Crippen LogP) is 23.2. The molecule has 0 aromatic rings. The van der Waals surface area contributed by atoms with Crippen molar-refractivity contribution in [2.45, 2.75) is 309 Å². The number of ether oxygens (including phenoxy) is 3. The zero-order valence-electron chi connectivity index (χ0n) is 63.9. The van der Waals surface area contributed by atoms with E-state index in [1.165, 1.54) is 51.4 Å². The van der Waals surface area contributed by atoms with Gasteiger partial charge in [-0.1, -0.05) is 287 Å². The lowest BCUT2D eigenvalue weighted by Crippen LogP contribution is -2.30. The molecule has 0 bridgehead atoms. The molecule has 0 saturated carbocycles. The lowest BCUT2D eigenvalue weighted by molar-refractivity contribution is -0.161. The largest absolute Gasteiger partial charge is 0.472 e. The van der Waals surface area contributed by atoms with Crippen LogP contribution in [0.4, 0.5) is 0 Å². The Labute approximate surface area is 624 Å². The summed E-state index contributed by atoms with van der Waals surface area (Å²) in [6.07, 6.45) is 96.8. The Kier molecular flexibility index (Phi) is 72.8. The summed E-state index contributed by atoms with van der Waals surface area (Å²) in [6.45, 7) is 2.36. The van der Waals surface area contributed by atoms with Crippen molar-refractivity contribution < 1.29 is 75.8 Å². The smallest absolute Gasteiger partial charge is 0.463 e. The van der Waals surface area contributed by atoms with Crippen molar-refractivity contribution >= 4 is 33.6 Å². The molecule has 586 valence electrons. The first-order valence-corrected chi connectivity index (χ1v) is 42.4. The lowest BCUT2D eigenvalue weighted by atomic mass is 10.1.